The predicted molar refractivity (Wildman–Crippen MR) is 78.3 cm³/mol. The lowest BCUT2D eigenvalue weighted by Crippen LogP contribution is -2.30. The SMILES string of the molecule is Cn1cc([N+](=O)[O-])cc1C(=O)N1CCc2cccc(N)c21. The van der Waals surface area contributed by atoms with E-state index in [0.29, 0.717) is 17.9 Å². The molecule has 3 rings (SSSR count). The molecule has 0 unspecified atom stereocenters. The number of para-hydroxylation sites is 1. The molecule has 7 heteroatoms. The lowest BCUT2D eigenvalue weighted by Gasteiger charge is -2.19. The zero-order chi connectivity index (χ0) is 15.1. The lowest BCUT2D eigenvalue weighted by molar-refractivity contribution is -0.384. The van der Waals surface area contributed by atoms with Crippen LogP contribution in [0.5, 0.6) is 0 Å². The van der Waals surface area contributed by atoms with Crippen molar-refractivity contribution in [2.45, 2.75) is 6.42 Å². The predicted octanol–water partition coefficient (Wildman–Crippen LogP) is 1.72. The van der Waals surface area contributed by atoms with Crippen molar-refractivity contribution >= 4 is 23.0 Å². The van der Waals surface area contributed by atoms with Crippen LogP contribution in [0.4, 0.5) is 17.1 Å². The van der Waals surface area contributed by atoms with Gasteiger partial charge in [0.2, 0.25) is 0 Å². The van der Waals surface area contributed by atoms with Gasteiger partial charge in [-0.05, 0) is 18.1 Å². The third kappa shape index (κ3) is 2.03. The number of hydrogen-bond acceptors (Lipinski definition) is 4. The van der Waals surface area contributed by atoms with E-state index in [-0.39, 0.29) is 17.3 Å². The van der Waals surface area contributed by atoms with Crippen molar-refractivity contribution in [1.29, 1.82) is 0 Å². The molecule has 0 atom stereocenters. The molecule has 0 spiro atoms. The van der Waals surface area contributed by atoms with Gasteiger partial charge in [-0.25, -0.2) is 0 Å². The van der Waals surface area contributed by atoms with E-state index in [9.17, 15) is 14.9 Å². The van der Waals surface area contributed by atoms with Gasteiger partial charge in [0, 0.05) is 19.7 Å². The summed E-state index contributed by atoms with van der Waals surface area (Å²) in [4.78, 5) is 24.5. The summed E-state index contributed by atoms with van der Waals surface area (Å²) in [6, 6.07) is 6.83. The molecule has 2 N–H and O–H groups in total. The maximum absolute atomic E-state index is 12.6. The van der Waals surface area contributed by atoms with Crippen molar-refractivity contribution in [2.75, 3.05) is 17.2 Å². The quantitative estimate of drug-likeness (QED) is 0.516. The summed E-state index contributed by atoms with van der Waals surface area (Å²) in [5.41, 5.74) is 8.42. The normalized spacial score (nSPS) is 13.3. The topological polar surface area (TPSA) is 94.4 Å². The zero-order valence-electron chi connectivity index (χ0n) is 11.4. The first-order valence-electron chi connectivity index (χ1n) is 6.49. The monoisotopic (exact) mass is 286 g/mol. The molecule has 1 aliphatic heterocycles. The molecular weight excluding hydrogens is 272 g/mol. The fourth-order valence-electron chi connectivity index (χ4n) is 2.69. The number of benzene rings is 1. The molecule has 21 heavy (non-hydrogen) atoms. The largest absolute Gasteiger partial charge is 0.397 e. The first kappa shape index (κ1) is 13.2. The van der Waals surface area contributed by atoms with Crippen molar-refractivity contribution in [2.24, 2.45) is 7.05 Å². The first-order chi connectivity index (χ1) is 9.99. The number of carbonyl (C=O) groups excluding carboxylic acids is 1. The van der Waals surface area contributed by atoms with Crippen LogP contribution in [0.3, 0.4) is 0 Å². The van der Waals surface area contributed by atoms with E-state index in [1.54, 1.807) is 18.0 Å². The molecule has 0 saturated heterocycles. The Morgan fingerprint density at radius 3 is 2.86 bits per heavy atom. The second-order valence-electron chi connectivity index (χ2n) is 5.01. The number of anilines is 2. The highest BCUT2D eigenvalue weighted by atomic mass is 16.6. The summed E-state index contributed by atoms with van der Waals surface area (Å²) in [5.74, 6) is -0.276. The number of nitro groups is 1. The van der Waals surface area contributed by atoms with Crippen LogP contribution in [0.25, 0.3) is 0 Å². The Morgan fingerprint density at radius 2 is 2.19 bits per heavy atom. The summed E-state index contributed by atoms with van der Waals surface area (Å²) in [6.45, 7) is 0.529. The van der Waals surface area contributed by atoms with Gasteiger partial charge in [-0.2, -0.15) is 0 Å². The standard InChI is InChI=1S/C14H14N4O3/c1-16-8-10(18(20)21)7-12(16)14(19)17-6-5-9-3-2-4-11(15)13(9)17/h2-4,7-8H,5-6,15H2,1H3. The number of aryl methyl sites for hydroxylation is 1. The number of nitrogens with two attached hydrogens (primary N) is 1. The first-order valence-corrected chi connectivity index (χ1v) is 6.49. The maximum atomic E-state index is 12.6. The Balaban J connectivity index is 2.00. The van der Waals surface area contributed by atoms with Crippen molar-refractivity contribution < 1.29 is 9.72 Å². The van der Waals surface area contributed by atoms with Gasteiger partial charge in [0.15, 0.2) is 0 Å². The highest BCUT2D eigenvalue weighted by Crippen LogP contribution is 2.34. The van der Waals surface area contributed by atoms with Crippen LogP contribution in [-0.4, -0.2) is 21.9 Å². The molecule has 0 radical (unpaired) electrons. The third-order valence-corrected chi connectivity index (χ3v) is 3.69. The number of hydrogen-bond donors (Lipinski definition) is 1. The molecule has 1 amide bonds. The molecule has 2 heterocycles. The molecule has 0 aliphatic carbocycles. The molecule has 1 aromatic carbocycles. The van der Waals surface area contributed by atoms with Crippen molar-refractivity contribution in [1.82, 2.24) is 4.57 Å². The zero-order valence-corrected chi connectivity index (χ0v) is 11.4. The van der Waals surface area contributed by atoms with Crippen LogP contribution in [-0.2, 0) is 13.5 Å². The van der Waals surface area contributed by atoms with E-state index in [4.69, 9.17) is 5.73 Å². The van der Waals surface area contributed by atoms with Gasteiger partial charge in [0.25, 0.3) is 11.6 Å². The number of nitrogens with zero attached hydrogens (tertiary/aromatic N) is 3. The second-order valence-corrected chi connectivity index (χ2v) is 5.01. The fourth-order valence-corrected chi connectivity index (χ4v) is 2.69. The van der Waals surface area contributed by atoms with Crippen molar-refractivity contribution in [3.05, 3.63) is 51.8 Å². The van der Waals surface area contributed by atoms with Crippen LogP contribution < -0.4 is 10.6 Å². The fraction of sp³-hybridized carbons (Fsp3) is 0.214. The minimum absolute atomic E-state index is 0.0960. The molecular formula is C14H14N4O3. The number of carbonyl (C=O) groups is 1. The lowest BCUT2D eigenvalue weighted by atomic mass is 10.1. The number of amides is 1. The third-order valence-electron chi connectivity index (χ3n) is 3.69. The van der Waals surface area contributed by atoms with Crippen molar-refractivity contribution in [3.8, 4) is 0 Å². The van der Waals surface area contributed by atoms with Crippen LogP contribution in [0.15, 0.2) is 30.5 Å². The van der Waals surface area contributed by atoms with Gasteiger partial charge in [0.1, 0.15) is 5.69 Å². The minimum atomic E-state index is -0.511. The second kappa shape index (κ2) is 4.62. The molecule has 7 nitrogen and oxygen atoms in total. The highest BCUT2D eigenvalue weighted by Gasteiger charge is 2.30. The summed E-state index contributed by atoms with van der Waals surface area (Å²) in [6.07, 6.45) is 2.07. The average molecular weight is 286 g/mol. The van der Waals surface area contributed by atoms with Crippen LogP contribution in [0.2, 0.25) is 0 Å². The Bertz CT molecular complexity index is 751. The molecule has 0 bridgehead atoms. The Hall–Kier alpha value is -2.83. The van der Waals surface area contributed by atoms with Crippen LogP contribution >= 0.6 is 0 Å². The van der Waals surface area contributed by atoms with E-state index in [0.717, 1.165) is 12.0 Å². The summed E-state index contributed by atoms with van der Waals surface area (Å²) >= 11 is 0. The van der Waals surface area contributed by atoms with E-state index in [1.807, 2.05) is 12.1 Å². The molecule has 1 aliphatic rings. The van der Waals surface area contributed by atoms with Gasteiger partial charge in [0.05, 0.1) is 22.5 Å². The van der Waals surface area contributed by atoms with Crippen LogP contribution in [0, 0.1) is 10.1 Å². The Morgan fingerprint density at radius 1 is 1.43 bits per heavy atom. The van der Waals surface area contributed by atoms with Gasteiger partial charge in [-0.3, -0.25) is 14.9 Å². The van der Waals surface area contributed by atoms with Crippen molar-refractivity contribution in [3.63, 3.8) is 0 Å². The van der Waals surface area contributed by atoms with E-state index in [2.05, 4.69) is 0 Å². The smallest absolute Gasteiger partial charge is 0.287 e. The number of nitrogen functional groups attached to an aromatic ring is 1. The number of rotatable bonds is 2. The minimum Gasteiger partial charge on any atom is -0.397 e. The summed E-state index contributed by atoms with van der Waals surface area (Å²) in [5, 5.41) is 10.8. The average Bonchev–Trinajstić information content (AvgIpc) is 3.02. The van der Waals surface area contributed by atoms with E-state index < -0.39 is 4.92 Å². The van der Waals surface area contributed by atoms with E-state index in [1.165, 1.54) is 16.8 Å². The molecule has 1 aromatic heterocycles. The Labute approximate surface area is 120 Å². The molecule has 108 valence electrons. The Kier molecular flexibility index (Phi) is 2.90. The molecule has 0 saturated carbocycles. The summed E-state index contributed by atoms with van der Waals surface area (Å²) in [7, 11) is 1.62. The molecule has 2 aromatic rings. The maximum Gasteiger partial charge on any atom is 0.287 e. The van der Waals surface area contributed by atoms with Gasteiger partial charge >= 0.3 is 0 Å². The van der Waals surface area contributed by atoms with Gasteiger partial charge in [-0.15, -0.1) is 0 Å². The van der Waals surface area contributed by atoms with E-state index >= 15 is 0 Å². The highest BCUT2D eigenvalue weighted by molar-refractivity contribution is 6.08. The summed E-state index contributed by atoms with van der Waals surface area (Å²) < 4.78 is 1.47. The van der Waals surface area contributed by atoms with Crippen LogP contribution in [0.1, 0.15) is 16.1 Å². The van der Waals surface area contributed by atoms with Gasteiger partial charge in [-0.1, -0.05) is 12.1 Å². The van der Waals surface area contributed by atoms with Gasteiger partial charge < -0.3 is 15.2 Å². The number of fused-ring (bicyclic) bond motifs is 1. The number of aromatic nitrogens is 1. The molecule has 0 fully saturated rings.